The molecule has 2 rings (SSSR count). The fourth-order valence-corrected chi connectivity index (χ4v) is 3.44. The first-order chi connectivity index (χ1) is 15.9. The first-order valence-corrected chi connectivity index (χ1v) is 10.5. The summed E-state index contributed by atoms with van der Waals surface area (Å²) in [7, 11) is 0. The minimum Gasteiger partial charge on any atom is -0.412 e. The van der Waals surface area contributed by atoms with Crippen LogP contribution in [-0.2, 0) is 36.0 Å². The maximum atomic E-state index is 10.2. The molecule has 2 aliphatic heterocycles. The molecule has 0 aliphatic carbocycles. The molecule has 0 unspecified atom stereocenters. The van der Waals surface area contributed by atoms with E-state index in [4.69, 9.17) is 24.1 Å². The van der Waals surface area contributed by atoms with E-state index in [-0.39, 0.29) is 33.5 Å². The molecule has 0 radical (unpaired) electrons. The van der Waals surface area contributed by atoms with Crippen LogP contribution < -0.4 is 0 Å². The van der Waals surface area contributed by atoms with Crippen LogP contribution in [0.4, 0.5) is 0 Å². The molecule has 0 aromatic heterocycles. The van der Waals surface area contributed by atoms with Crippen LogP contribution in [0.2, 0.25) is 0 Å². The Balaban J connectivity index is -0.00000306. The summed E-state index contributed by atoms with van der Waals surface area (Å²) in [5.41, 5.74) is 0. The monoisotopic (exact) mass is 616 g/mol. The molecule has 2 saturated heterocycles. The molecule has 0 spiro atoms. The standard InChI is InChI=1S/C18H34O16.Fe.3H2O/c19-1-5(21)9(23)10(24)6(22)3-31-17-16(30)14(28)12(26)8(34-17)4-32-18-15(29)13(27)11(25)7(2-20)33-18;;;;/h5-30H,1-4H2;;3*1H2/t5-,6+,7+,8+,9+,10+,11+,12+,13-,14-,15+,16+,17-,18-;;;;/m0..../s1. The summed E-state index contributed by atoms with van der Waals surface area (Å²) in [5.74, 6) is 0. The average molecular weight is 616 g/mol. The van der Waals surface area contributed by atoms with Gasteiger partial charge in [0.15, 0.2) is 12.6 Å². The summed E-state index contributed by atoms with van der Waals surface area (Å²) in [5, 5.41) is 117. The van der Waals surface area contributed by atoms with Gasteiger partial charge in [0.2, 0.25) is 0 Å². The fraction of sp³-hybridized carbons (Fsp3) is 1.00. The second-order valence-electron chi connectivity index (χ2n) is 8.18. The summed E-state index contributed by atoms with van der Waals surface area (Å²) in [6.07, 6.45) is -23.8. The van der Waals surface area contributed by atoms with E-state index < -0.39 is 112 Å². The van der Waals surface area contributed by atoms with Gasteiger partial charge >= 0.3 is 0 Å². The van der Waals surface area contributed by atoms with Gasteiger partial charge in [-0.25, -0.2) is 0 Å². The Labute approximate surface area is 226 Å². The minimum atomic E-state index is -1.95. The normalized spacial score (nSPS) is 38.2. The summed E-state index contributed by atoms with van der Waals surface area (Å²) >= 11 is 0. The largest absolute Gasteiger partial charge is 0.412 e. The quantitative estimate of drug-likeness (QED) is 0.0958. The molecule has 19 nitrogen and oxygen atoms in total. The molecule has 0 bridgehead atoms. The van der Waals surface area contributed by atoms with E-state index in [1.165, 1.54) is 0 Å². The fourth-order valence-electron chi connectivity index (χ4n) is 3.44. The van der Waals surface area contributed by atoms with Crippen molar-refractivity contribution in [1.29, 1.82) is 0 Å². The van der Waals surface area contributed by atoms with E-state index in [0.29, 0.717) is 0 Å². The Morgan fingerprint density at radius 2 is 1.00 bits per heavy atom. The third-order valence-electron chi connectivity index (χ3n) is 5.70. The van der Waals surface area contributed by atoms with Crippen molar-refractivity contribution in [3.8, 4) is 0 Å². The van der Waals surface area contributed by atoms with Gasteiger partial charge in [-0.2, -0.15) is 0 Å². The molecule has 2 fully saturated rings. The Morgan fingerprint density at radius 1 is 0.579 bits per heavy atom. The summed E-state index contributed by atoms with van der Waals surface area (Å²) in [6.45, 7) is -2.97. The number of hydrogen-bond donors (Lipinski definition) is 12. The second kappa shape index (κ2) is 19.0. The zero-order valence-corrected chi connectivity index (χ0v) is 20.9. The molecule has 0 saturated carbocycles. The maximum absolute atomic E-state index is 10.2. The predicted octanol–water partition coefficient (Wildman–Crippen LogP) is -10.4. The number of aliphatic hydroxyl groups is 12. The number of ether oxygens (including phenoxy) is 4. The molecular formula is C18H40FeO19. The van der Waals surface area contributed by atoms with Crippen LogP contribution in [0, 0.1) is 0 Å². The van der Waals surface area contributed by atoms with Crippen molar-refractivity contribution in [2.45, 2.75) is 85.8 Å². The van der Waals surface area contributed by atoms with Crippen molar-refractivity contribution >= 4 is 0 Å². The van der Waals surface area contributed by atoms with Crippen molar-refractivity contribution in [1.82, 2.24) is 0 Å². The van der Waals surface area contributed by atoms with Gasteiger partial charge in [-0.05, 0) is 0 Å². The van der Waals surface area contributed by atoms with Crippen molar-refractivity contribution in [3.63, 3.8) is 0 Å². The Kier molecular flexibility index (Phi) is 21.1. The zero-order chi connectivity index (χ0) is 25.7. The van der Waals surface area contributed by atoms with Crippen LogP contribution in [0.5, 0.6) is 0 Å². The van der Waals surface area contributed by atoms with Crippen LogP contribution >= 0.6 is 0 Å². The number of rotatable bonds is 11. The number of aliphatic hydroxyl groups excluding tert-OH is 12. The third-order valence-corrected chi connectivity index (χ3v) is 5.70. The SMILES string of the molecule is O.O.O.OC[C@H](O)[C@@H](O)[C@H](O)[C@H](O)CO[C@H]1O[C@H](CO[C@H]2O[C@H](CO)[C@@H](O)[C@H](O)[C@H]2O)[C@@H](O)[C@H](O)[C@H]1O.[Fe]. The van der Waals surface area contributed by atoms with E-state index in [0.717, 1.165) is 0 Å². The van der Waals surface area contributed by atoms with E-state index >= 15 is 0 Å². The molecule has 0 aromatic rings. The molecule has 14 atom stereocenters. The smallest absolute Gasteiger partial charge is 0.186 e. The predicted molar refractivity (Wildman–Crippen MR) is 114 cm³/mol. The van der Waals surface area contributed by atoms with Gasteiger partial charge < -0.3 is 96.7 Å². The average Bonchev–Trinajstić information content (AvgIpc) is 2.84. The molecule has 0 amide bonds. The van der Waals surface area contributed by atoms with Gasteiger partial charge in [-0.1, -0.05) is 0 Å². The topological polar surface area (TPSA) is 374 Å². The second-order valence-corrected chi connectivity index (χ2v) is 8.18. The third kappa shape index (κ3) is 9.99. The first-order valence-electron chi connectivity index (χ1n) is 10.5. The van der Waals surface area contributed by atoms with Crippen LogP contribution in [0.3, 0.4) is 0 Å². The van der Waals surface area contributed by atoms with E-state index in [1.54, 1.807) is 0 Å². The maximum Gasteiger partial charge on any atom is 0.186 e. The Bertz CT molecular complexity index is 606. The number of hydrogen-bond acceptors (Lipinski definition) is 16. The van der Waals surface area contributed by atoms with Crippen molar-refractivity contribution < 1.29 is 114 Å². The molecule has 18 N–H and O–H groups in total. The molecule has 234 valence electrons. The van der Waals surface area contributed by atoms with Crippen molar-refractivity contribution in [3.05, 3.63) is 0 Å². The van der Waals surface area contributed by atoms with E-state index in [2.05, 4.69) is 0 Å². The molecule has 0 aromatic carbocycles. The van der Waals surface area contributed by atoms with Gasteiger partial charge in [0.1, 0.15) is 73.2 Å². The van der Waals surface area contributed by atoms with E-state index in [1.807, 2.05) is 0 Å². The van der Waals surface area contributed by atoms with Gasteiger partial charge in [0.25, 0.3) is 0 Å². The molecule has 38 heavy (non-hydrogen) atoms. The van der Waals surface area contributed by atoms with Crippen LogP contribution in [0.15, 0.2) is 0 Å². The first kappa shape index (κ1) is 42.2. The van der Waals surface area contributed by atoms with Crippen LogP contribution in [0.25, 0.3) is 0 Å². The molecule has 2 heterocycles. The zero-order valence-electron chi connectivity index (χ0n) is 19.8. The van der Waals surface area contributed by atoms with Crippen molar-refractivity contribution in [2.75, 3.05) is 26.4 Å². The van der Waals surface area contributed by atoms with Crippen molar-refractivity contribution in [2.24, 2.45) is 0 Å². The molecular weight excluding hydrogens is 576 g/mol. The van der Waals surface area contributed by atoms with E-state index in [9.17, 15) is 56.2 Å². The van der Waals surface area contributed by atoms with Crippen LogP contribution in [-0.4, -0.2) is 190 Å². The Hall–Kier alpha value is -0.241. The molecule has 2 aliphatic rings. The van der Waals surface area contributed by atoms with Gasteiger partial charge in [0, 0.05) is 17.1 Å². The minimum absolute atomic E-state index is 0. The Morgan fingerprint density at radius 3 is 1.47 bits per heavy atom. The summed E-state index contributed by atoms with van der Waals surface area (Å²) < 4.78 is 20.8. The summed E-state index contributed by atoms with van der Waals surface area (Å²) in [6, 6.07) is 0. The van der Waals surface area contributed by atoms with Gasteiger partial charge in [-0.15, -0.1) is 0 Å². The van der Waals surface area contributed by atoms with Gasteiger partial charge in [-0.3, -0.25) is 0 Å². The molecule has 20 heteroatoms. The summed E-state index contributed by atoms with van der Waals surface area (Å²) in [4.78, 5) is 0. The van der Waals surface area contributed by atoms with Crippen LogP contribution in [0.1, 0.15) is 0 Å². The van der Waals surface area contributed by atoms with Gasteiger partial charge in [0.05, 0.1) is 26.4 Å².